The highest BCUT2D eigenvalue weighted by Gasteiger charge is 2.32. The number of carbonyl (C=O) groups is 1. The number of nitrogens with one attached hydrogen (secondary N) is 1. The van der Waals surface area contributed by atoms with Crippen molar-refractivity contribution in [3.05, 3.63) is 12.0 Å². The molecule has 0 amide bonds. The van der Waals surface area contributed by atoms with Crippen LogP contribution in [0.2, 0.25) is 0 Å². The number of aliphatic carboxylic acids is 1. The molecule has 1 atom stereocenters. The predicted molar refractivity (Wildman–Crippen MR) is 59.0 cm³/mol. The van der Waals surface area contributed by atoms with E-state index in [0.717, 1.165) is 5.69 Å². The highest BCUT2D eigenvalue weighted by atomic mass is 32.1. The molecule has 0 bridgehead atoms. The molecule has 0 aliphatic heterocycles. The fourth-order valence-corrected chi connectivity index (χ4v) is 1.56. The number of hydrogen-bond acceptors (Lipinski definition) is 3. The molecular weight excluding hydrogens is 214 g/mol. The van der Waals surface area contributed by atoms with Crippen LogP contribution >= 0.6 is 12.6 Å². The topological polar surface area (TPSA) is 66.0 Å². The number of likely N-dealkylation sites (N-methyl/N-ethyl adjacent to an activating group) is 1. The van der Waals surface area contributed by atoms with E-state index in [4.69, 9.17) is 5.11 Å². The van der Waals surface area contributed by atoms with Crippen molar-refractivity contribution in [1.82, 2.24) is 9.97 Å². The van der Waals surface area contributed by atoms with Crippen molar-refractivity contribution < 1.29 is 14.4 Å². The summed E-state index contributed by atoms with van der Waals surface area (Å²) in [5.74, 6) is -0.815. The number of imidazole rings is 1. The lowest BCUT2D eigenvalue weighted by molar-refractivity contribution is -0.887. The minimum Gasteiger partial charge on any atom is -0.477 e. The van der Waals surface area contributed by atoms with Gasteiger partial charge in [-0.1, -0.05) is 0 Å². The van der Waals surface area contributed by atoms with Crippen LogP contribution in [0.3, 0.4) is 0 Å². The summed E-state index contributed by atoms with van der Waals surface area (Å²) in [6.45, 7) is 0. The number of aromatic amines is 1. The van der Waals surface area contributed by atoms with E-state index >= 15 is 0 Å². The van der Waals surface area contributed by atoms with Gasteiger partial charge in [0.2, 0.25) is 0 Å². The summed E-state index contributed by atoms with van der Waals surface area (Å²) in [5, 5.41) is 9.69. The molecule has 0 radical (unpaired) electrons. The van der Waals surface area contributed by atoms with E-state index in [0.29, 0.717) is 15.9 Å². The second kappa shape index (κ2) is 4.24. The van der Waals surface area contributed by atoms with Crippen molar-refractivity contribution in [3.63, 3.8) is 0 Å². The number of quaternary nitrogens is 1. The van der Waals surface area contributed by atoms with Crippen LogP contribution in [0.5, 0.6) is 0 Å². The third-order valence-corrected chi connectivity index (χ3v) is 2.70. The maximum absolute atomic E-state index is 11.1. The fraction of sp³-hybridized carbons (Fsp3) is 0.556. The third kappa shape index (κ3) is 2.97. The van der Waals surface area contributed by atoms with Crippen LogP contribution in [0.4, 0.5) is 0 Å². The van der Waals surface area contributed by atoms with Gasteiger partial charge in [-0.05, 0) is 0 Å². The summed E-state index contributed by atoms with van der Waals surface area (Å²) >= 11 is 4.15. The van der Waals surface area contributed by atoms with Crippen LogP contribution in [0.1, 0.15) is 5.69 Å². The van der Waals surface area contributed by atoms with Gasteiger partial charge in [0.05, 0.1) is 39.6 Å². The van der Waals surface area contributed by atoms with Gasteiger partial charge >= 0.3 is 5.97 Å². The van der Waals surface area contributed by atoms with Gasteiger partial charge in [0.15, 0.2) is 6.04 Å². The molecule has 0 spiro atoms. The zero-order valence-corrected chi connectivity index (χ0v) is 9.95. The minimum atomic E-state index is -0.815. The molecule has 1 rings (SSSR count). The molecule has 2 N–H and O–H groups in total. The molecule has 0 saturated heterocycles. The molecule has 84 valence electrons. The monoisotopic (exact) mass is 230 g/mol. The SMILES string of the molecule is C[N+](C)(C)C(Cc1[nH]cnc1S)C(=O)O. The van der Waals surface area contributed by atoms with Crippen LogP contribution in [0.25, 0.3) is 0 Å². The maximum Gasteiger partial charge on any atom is 0.362 e. The van der Waals surface area contributed by atoms with Crippen LogP contribution in [0, 0.1) is 0 Å². The smallest absolute Gasteiger partial charge is 0.362 e. The lowest BCUT2D eigenvalue weighted by atomic mass is 10.1. The predicted octanol–water partition coefficient (Wildman–Crippen LogP) is 0.400. The molecule has 0 saturated carbocycles. The van der Waals surface area contributed by atoms with E-state index in [1.807, 2.05) is 21.1 Å². The van der Waals surface area contributed by atoms with Crippen LogP contribution in [-0.4, -0.2) is 52.7 Å². The van der Waals surface area contributed by atoms with Gasteiger partial charge in [-0.15, -0.1) is 12.6 Å². The zero-order chi connectivity index (χ0) is 11.6. The second-order valence-corrected chi connectivity index (χ2v) is 4.80. The molecule has 5 nitrogen and oxygen atoms in total. The molecule has 0 aromatic carbocycles. The number of carboxylic acids is 1. The molecule has 1 heterocycles. The molecule has 0 fully saturated rings. The first-order chi connectivity index (χ1) is 6.82. The van der Waals surface area contributed by atoms with Gasteiger partial charge in [0.25, 0.3) is 0 Å². The van der Waals surface area contributed by atoms with Gasteiger partial charge in [0, 0.05) is 0 Å². The van der Waals surface area contributed by atoms with Crippen molar-refractivity contribution in [2.45, 2.75) is 17.5 Å². The third-order valence-electron chi connectivity index (χ3n) is 2.31. The lowest BCUT2D eigenvalue weighted by Gasteiger charge is -2.30. The van der Waals surface area contributed by atoms with Crippen molar-refractivity contribution in [2.24, 2.45) is 0 Å². The Morgan fingerprint density at radius 1 is 1.67 bits per heavy atom. The van der Waals surface area contributed by atoms with E-state index in [1.54, 1.807) is 0 Å². The first kappa shape index (κ1) is 12.1. The van der Waals surface area contributed by atoms with Crippen LogP contribution in [0.15, 0.2) is 11.4 Å². The van der Waals surface area contributed by atoms with Crippen molar-refractivity contribution in [2.75, 3.05) is 21.1 Å². The molecule has 15 heavy (non-hydrogen) atoms. The lowest BCUT2D eigenvalue weighted by Crippen LogP contribution is -2.51. The Balaban J connectivity index is 2.86. The van der Waals surface area contributed by atoms with Gasteiger partial charge in [0.1, 0.15) is 5.03 Å². The Labute approximate surface area is 94.1 Å². The Bertz CT molecular complexity index is 356. The van der Waals surface area contributed by atoms with Gasteiger partial charge < -0.3 is 14.6 Å². The Morgan fingerprint density at radius 2 is 2.27 bits per heavy atom. The quantitative estimate of drug-likeness (QED) is 0.518. The second-order valence-electron chi connectivity index (χ2n) is 4.38. The number of H-pyrrole nitrogens is 1. The summed E-state index contributed by atoms with van der Waals surface area (Å²) in [6.07, 6.45) is 1.92. The van der Waals surface area contributed by atoms with Gasteiger partial charge in [-0.3, -0.25) is 0 Å². The number of carboxylic acid groups (broad SMARTS) is 1. The van der Waals surface area contributed by atoms with E-state index in [2.05, 4.69) is 22.6 Å². The minimum absolute atomic E-state index is 0.363. The number of nitrogens with zero attached hydrogens (tertiary/aromatic N) is 2. The molecule has 0 aliphatic rings. The highest BCUT2D eigenvalue weighted by molar-refractivity contribution is 7.80. The molecule has 1 aromatic heterocycles. The summed E-state index contributed by atoms with van der Waals surface area (Å²) in [6, 6.07) is -0.503. The molecular formula is C9H16N3O2S+. The fourth-order valence-electron chi connectivity index (χ4n) is 1.35. The first-order valence-corrected chi connectivity index (χ1v) is 5.02. The zero-order valence-electron chi connectivity index (χ0n) is 9.06. The van der Waals surface area contributed by atoms with Crippen molar-refractivity contribution in [1.29, 1.82) is 0 Å². The maximum atomic E-state index is 11.1. The average Bonchev–Trinajstić information content (AvgIpc) is 2.44. The average molecular weight is 230 g/mol. The summed E-state index contributed by atoms with van der Waals surface area (Å²) < 4.78 is 0.363. The van der Waals surface area contributed by atoms with Gasteiger partial charge in [-0.2, -0.15) is 0 Å². The molecule has 1 unspecified atom stereocenters. The van der Waals surface area contributed by atoms with Crippen molar-refractivity contribution >= 4 is 18.6 Å². The molecule has 6 heteroatoms. The number of thiol groups is 1. The van der Waals surface area contributed by atoms with E-state index < -0.39 is 12.0 Å². The van der Waals surface area contributed by atoms with Crippen molar-refractivity contribution in [3.8, 4) is 0 Å². The number of rotatable bonds is 4. The van der Waals surface area contributed by atoms with Gasteiger partial charge in [-0.25, -0.2) is 9.78 Å². The normalized spacial score (nSPS) is 13.9. The molecule has 1 aromatic rings. The highest BCUT2D eigenvalue weighted by Crippen LogP contribution is 2.14. The van der Waals surface area contributed by atoms with E-state index in [-0.39, 0.29) is 0 Å². The summed E-state index contributed by atoms with van der Waals surface area (Å²) in [4.78, 5) is 17.9. The summed E-state index contributed by atoms with van der Waals surface area (Å²) in [5.41, 5.74) is 0.763. The first-order valence-electron chi connectivity index (χ1n) is 4.57. The number of aromatic nitrogens is 2. The Kier molecular flexibility index (Phi) is 3.41. The Morgan fingerprint density at radius 3 is 2.60 bits per heavy atom. The van der Waals surface area contributed by atoms with Crippen LogP contribution in [-0.2, 0) is 11.2 Å². The van der Waals surface area contributed by atoms with E-state index in [1.165, 1.54) is 6.33 Å². The Hall–Kier alpha value is -1.01. The standard InChI is InChI=1S/C9H15N3O2S/c1-12(2,3)7(9(13)14)4-6-8(15)11-5-10-6/h5,7H,4H2,1-3H3,(H2-,10,11,13,14,15)/p+1. The largest absolute Gasteiger partial charge is 0.477 e. The molecule has 0 aliphatic carbocycles. The summed E-state index contributed by atoms with van der Waals surface area (Å²) in [7, 11) is 5.56. The number of hydrogen-bond donors (Lipinski definition) is 3. The van der Waals surface area contributed by atoms with E-state index in [9.17, 15) is 4.79 Å². The van der Waals surface area contributed by atoms with Crippen LogP contribution < -0.4 is 0 Å².